The SMILES string of the molecule is COc1ccc(S(=O)(=O)N2[C@@H](C)[C@@H]2c2ccccc2)cc1. The molecule has 1 unspecified atom stereocenters. The van der Waals surface area contributed by atoms with Crippen LogP contribution in [0.5, 0.6) is 5.75 Å². The number of nitrogens with zero attached hydrogens (tertiary/aromatic N) is 1. The number of hydrogen-bond acceptors (Lipinski definition) is 3. The summed E-state index contributed by atoms with van der Waals surface area (Å²) in [6.45, 7) is 1.93. The smallest absolute Gasteiger partial charge is 0.244 e. The van der Waals surface area contributed by atoms with Crippen LogP contribution >= 0.6 is 0 Å². The van der Waals surface area contributed by atoms with Gasteiger partial charge in [0.05, 0.1) is 18.0 Å². The van der Waals surface area contributed by atoms with Crippen molar-refractivity contribution in [3.05, 3.63) is 60.2 Å². The molecule has 110 valence electrons. The van der Waals surface area contributed by atoms with E-state index < -0.39 is 10.0 Å². The van der Waals surface area contributed by atoms with Gasteiger partial charge in [-0.05, 0) is 36.8 Å². The van der Waals surface area contributed by atoms with Gasteiger partial charge >= 0.3 is 0 Å². The molecule has 1 saturated heterocycles. The Labute approximate surface area is 125 Å². The predicted molar refractivity (Wildman–Crippen MR) is 80.7 cm³/mol. The Morgan fingerprint density at radius 2 is 1.62 bits per heavy atom. The Balaban J connectivity index is 1.89. The Kier molecular flexibility index (Phi) is 3.47. The number of ether oxygens (including phenoxy) is 1. The highest BCUT2D eigenvalue weighted by atomic mass is 32.2. The normalized spacial score (nSPS) is 24.6. The maximum absolute atomic E-state index is 12.7. The zero-order valence-corrected chi connectivity index (χ0v) is 12.7. The summed E-state index contributed by atoms with van der Waals surface area (Å²) in [5.74, 6) is 0.646. The first-order valence-corrected chi connectivity index (χ1v) is 8.22. The van der Waals surface area contributed by atoms with Crippen molar-refractivity contribution >= 4 is 10.0 Å². The molecule has 0 aromatic heterocycles. The van der Waals surface area contributed by atoms with Crippen LogP contribution in [0.2, 0.25) is 0 Å². The van der Waals surface area contributed by atoms with Crippen molar-refractivity contribution < 1.29 is 13.2 Å². The standard InChI is InChI=1S/C16H17NO3S/c1-12-16(13-6-4-3-5-7-13)17(12)21(18,19)15-10-8-14(20-2)9-11-15/h3-12,16H,1-2H3/t12-,16+,17?/m0/s1. The molecular weight excluding hydrogens is 286 g/mol. The predicted octanol–water partition coefficient (Wildman–Crippen LogP) is 2.83. The van der Waals surface area contributed by atoms with E-state index in [9.17, 15) is 8.42 Å². The molecule has 21 heavy (non-hydrogen) atoms. The Morgan fingerprint density at radius 1 is 1.00 bits per heavy atom. The molecule has 0 radical (unpaired) electrons. The van der Waals surface area contributed by atoms with Gasteiger partial charge in [-0.25, -0.2) is 8.42 Å². The van der Waals surface area contributed by atoms with E-state index in [1.54, 1.807) is 35.7 Å². The molecular formula is C16H17NO3S. The maximum atomic E-state index is 12.7. The second-order valence-corrected chi connectivity index (χ2v) is 6.95. The van der Waals surface area contributed by atoms with E-state index in [0.29, 0.717) is 10.6 Å². The molecule has 4 nitrogen and oxygen atoms in total. The molecule has 2 aromatic carbocycles. The fraction of sp³-hybridized carbons (Fsp3) is 0.250. The summed E-state index contributed by atoms with van der Waals surface area (Å²) in [5, 5.41) is 0. The van der Waals surface area contributed by atoms with Crippen molar-refractivity contribution in [2.75, 3.05) is 7.11 Å². The van der Waals surface area contributed by atoms with Gasteiger partial charge in [-0.1, -0.05) is 30.3 Å². The largest absolute Gasteiger partial charge is 0.497 e. The number of sulfonamides is 1. The van der Waals surface area contributed by atoms with Crippen molar-refractivity contribution in [2.45, 2.75) is 23.9 Å². The molecule has 1 aliphatic heterocycles. The van der Waals surface area contributed by atoms with Crippen molar-refractivity contribution in [3.63, 3.8) is 0 Å². The van der Waals surface area contributed by atoms with Gasteiger partial charge in [-0.15, -0.1) is 0 Å². The van der Waals surface area contributed by atoms with E-state index in [-0.39, 0.29) is 12.1 Å². The lowest BCUT2D eigenvalue weighted by molar-refractivity contribution is 0.414. The zero-order chi connectivity index (χ0) is 15.0. The topological polar surface area (TPSA) is 46.4 Å². The van der Waals surface area contributed by atoms with Gasteiger partial charge in [0.15, 0.2) is 0 Å². The van der Waals surface area contributed by atoms with Crippen LogP contribution in [-0.2, 0) is 10.0 Å². The lowest BCUT2D eigenvalue weighted by atomic mass is 10.1. The van der Waals surface area contributed by atoms with Crippen molar-refractivity contribution in [3.8, 4) is 5.75 Å². The Morgan fingerprint density at radius 3 is 2.19 bits per heavy atom. The highest BCUT2D eigenvalue weighted by molar-refractivity contribution is 7.89. The Hall–Kier alpha value is -1.85. The van der Waals surface area contributed by atoms with Crippen molar-refractivity contribution in [2.24, 2.45) is 0 Å². The molecule has 0 aliphatic carbocycles. The Bertz CT molecular complexity index is 726. The third kappa shape index (κ3) is 2.43. The van der Waals surface area contributed by atoms with Crippen LogP contribution in [0.3, 0.4) is 0 Å². The minimum absolute atomic E-state index is 0.0144. The molecule has 0 amide bonds. The molecule has 0 spiro atoms. The van der Waals surface area contributed by atoms with Crippen molar-refractivity contribution in [1.82, 2.24) is 4.31 Å². The van der Waals surface area contributed by atoms with Crippen LogP contribution in [-0.4, -0.2) is 25.9 Å². The molecule has 2 aromatic rings. The van der Waals surface area contributed by atoms with E-state index in [1.165, 1.54) is 0 Å². The molecule has 5 heteroatoms. The minimum atomic E-state index is -3.46. The van der Waals surface area contributed by atoms with Gasteiger partial charge in [0.1, 0.15) is 5.75 Å². The first kappa shape index (κ1) is 14.1. The van der Waals surface area contributed by atoms with Crippen LogP contribution in [0.15, 0.2) is 59.5 Å². The zero-order valence-electron chi connectivity index (χ0n) is 11.9. The van der Waals surface area contributed by atoms with Crippen LogP contribution in [0.4, 0.5) is 0 Å². The molecule has 3 rings (SSSR count). The van der Waals surface area contributed by atoms with Gasteiger partial charge in [0.2, 0.25) is 10.0 Å². The van der Waals surface area contributed by atoms with Gasteiger partial charge in [0.25, 0.3) is 0 Å². The molecule has 1 fully saturated rings. The number of methoxy groups -OCH3 is 1. The summed E-state index contributed by atoms with van der Waals surface area (Å²) in [6, 6.07) is 16.1. The average Bonchev–Trinajstić information content (AvgIpc) is 3.20. The molecule has 0 N–H and O–H groups in total. The summed E-state index contributed by atoms with van der Waals surface area (Å²) in [7, 11) is -1.90. The third-order valence-corrected chi connectivity index (χ3v) is 5.80. The molecule has 0 saturated carbocycles. The highest BCUT2D eigenvalue weighted by Crippen LogP contribution is 2.47. The lowest BCUT2D eigenvalue weighted by Gasteiger charge is -2.07. The number of rotatable bonds is 4. The van der Waals surface area contributed by atoms with E-state index in [2.05, 4.69) is 0 Å². The highest BCUT2D eigenvalue weighted by Gasteiger charge is 2.53. The summed E-state index contributed by atoms with van der Waals surface area (Å²) < 4.78 is 32.0. The minimum Gasteiger partial charge on any atom is -0.497 e. The maximum Gasteiger partial charge on any atom is 0.244 e. The summed E-state index contributed by atoms with van der Waals surface area (Å²) in [4.78, 5) is 0.300. The summed E-state index contributed by atoms with van der Waals surface area (Å²) in [6.07, 6.45) is 0. The number of hydrogen-bond donors (Lipinski definition) is 0. The first-order chi connectivity index (χ1) is 10.1. The van der Waals surface area contributed by atoms with Crippen LogP contribution < -0.4 is 4.74 Å². The van der Waals surface area contributed by atoms with E-state index in [4.69, 9.17) is 4.74 Å². The van der Waals surface area contributed by atoms with Gasteiger partial charge in [-0.3, -0.25) is 0 Å². The van der Waals surface area contributed by atoms with Crippen LogP contribution in [0, 0.1) is 0 Å². The van der Waals surface area contributed by atoms with Crippen molar-refractivity contribution in [1.29, 1.82) is 0 Å². The van der Waals surface area contributed by atoms with Crippen LogP contribution in [0.1, 0.15) is 18.5 Å². The average molecular weight is 303 g/mol. The fourth-order valence-corrected chi connectivity index (χ4v) is 4.45. The molecule has 3 atom stereocenters. The second-order valence-electron chi connectivity index (χ2n) is 5.11. The second kappa shape index (κ2) is 5.16. The summed E-state index contributed by atoms with van der Waals surface area (Å²) in [5.41, 5.74) is 1.03. The third-order valence-electron chi connectivity index (χ3n) is 3.82. The molecule has 1 heterocycles. The monoisotopic (exact) mass is 303 g/mol. The fourth-order valence-electron chi connectivity index (χ4n) is 2.64. The lowest BCUT2D eigenvalue weighted by Crippen LogP contribution is -2.14. The van der Waals surface area contributed by atoms with E-state index in [1.807, 2.05) is 37.3 Å². The van der Waals surface area contributed by atoms with Gasteiger partial charge < -0.3 is 4.74 Å². The number of benzene rings is 2. The quantitative estimate of drug-likeness (QED) is 0.816. The van der Waals surface area contributed by atoms with E-state index in [0.717, 1.165) is 5.56 Å². The molecule has 1 aliphatic rings. The van der Waals surface area contributed by atoms with Gasteiger partial charge in [0, 0.05) is 6.04 Å². The molecule has 0 bridgehead atoms. The first-order valence-electron chi connectivity index (χ1n) is 6.78. The van der Waals surface area contributed by atoms with E-state index >= 15 is 0 Å². The van der Waals surface area contributed by atoms with Crippen LogP contribution in [0.25, 0.3) is 0 Å². The van der Waals surface area contributed by atoms with Gasteiger partial charge in [-0.2, -0.15) is 4.31 Å². The summed E-state index contributed by atoms with van der Waals surface area (Å²) >= 11 is 0.